The molecule has 39 heavy (non-hydrogen) atoms. The van der Waals surface area contributed by atoms with Crippen molar-refractivity contribution in [3.05, 3.63) is 119 Å². The molecule has 7 nitrogen and oxygen atoms in total. The number of aromatic amines is 1. The van der Waals surface area contributed by atoms with Gasteiger partial charge in [-0.1, -0.05) is 54.1 Å². The van der Waals surface area contributed by atoms with Gasteiger partial charge in [0.15, 0.2) is 11.5 Å². The van der Waals surface area contributed by atoms with Crippen molar-refractivity contribution in [2.75, 3.05) is 7.11 Å². The molecule has 0 aliphatic heterocycles. The normalized spacial score (nSPS) is 11.1. The SMILES string of the molecule is COc1cc(C=NNC(=O)c2[nH]c3c(F)cccc3c2-c2ccccc2)ccc1OC(=O)c1ccc(Cl)cc1. The molecule has 0 unspecified atom stereocenters. The van der Waals surface area contributed by atoms with Gasteiger partial charge in [0.2, 0.25) is 0 Å². The van der Waals surface area contributed by atoms with Crippen molar-refractivity contribution < 1.29 is 23.5 Å². The molecule has 2 N–H and O–H groups in total. The van der Waals surface area contributed by atoms with Gasteiger partial charge >= 0.3 is 5.97 Å². The molecule has 0 radical (unpaired) electrons. The fourth-order valence-electron chi connectivity index (χ4n) is 4.07. The number of aromatic nitrogens is 1. The van der Waals surface area contributed by atoms with E-state index in [1.165, 1.54) is 19.4 Å². The number of methoxy groups -OCH3 is 1. The highest BCUT2D eigenvalue weighted by Gasteiger charge is 2.20. The van der Waals surface area contributed by atoms with Crippen LogP contribution >= 0.6 is 11.6 Å². The standard InChI is InChI=1S/C30H21ClFN3O4/c1-38-25-16-18(10-15-24(25)39-30(37)20-11-13-21(31)14-12-20)17-33-35-29(36)28-26(19-6-3-2-4-7-19)22-8-5-9-23(32)27(22)34-28/h2-17,34H,1H3,(H,35,36). The maximum absolute atomic E-state index is 14.5. The van der Waals surface area contributed by atoms with Crippen molar-refractivity contribution >= 4 is 40.6 Å². The predicted octanol–water partition coefficient (Wildman–Crippen LogP) is 6.62. The third kappa shape index (κ3) is 5.51. The molecule has 1 heterocycles. The lowest BCUT2D eigenvalue weighted by Crippen LogP contribution is -2.18. The van der Waals surface area contributed by atoms with Crippen LogP contribution in [0, 0.1) is 5.82 Å². The number of ether oxygens (including phenoxy) is 2. The highest BCUT2D eigenvalue weighted by atomic mass is 35.5. The third-order valence-electron chi connectivity index (χ3n) is 5.92. The van der Waals surface area contributed by atoms with E-state index in [4.69, 9.17) is 21.1 Å². The van der Waals surface area contributed by atoms with Crippen LogP contribution in [0.25, 0.3) is 22.0 Å². The molecule has 0 aliphatic carbocycles. The Kier molecular flexibility index (Phi) is 7.38. The topological polar surface area (TPSA) is 92.8 Å². The molecule has 0 bridgehead atoms. The summed E-state index contributed by atoms with van der Waals surface area (Å²) in [7, 11) is 1.44. The molecule has 1 amide bonds. The first-order valence-electron chi connectivity index (χ1n) is 11.8. The van der Waals surface area contributed by atoms with Crippen LogP contribution in [0.1, 0.15) is 26.4 Å². The number of nitrogens with one attached hydrogen (secondary N) is 2. The highest BCUT2D eigenvalue weighted by molar-refractivity contribution is 6.30. The number of carbonyl (C=O) groups excluding carboxylic acids is 2. The second-order valence-corrected chi connectivity index (χ2v) is 8.85. The number of para-hydroxylation sites is 1. The number of hydrogen-bond acceptors (Lipinski definition) is 5. The molecule has 5 aromatic rings. The molecule has 0 aliphatic rings. The van der Waals surface area contributed by atoms with Crippen LogP contribution in [0.5, 0.6) is 11.5 Å². The lowest BCUT2D eigenvalue weighted by Gasteiger charge is -2.10. The minimum absolute atomic E-state index is 0.181. The van der Waals surface area contributed by atoms with Gasteiger partial charge in [-0.15, -0.1) is 0 Å². The van der Waals surface area contributed by atoms with Gasteiger partial charge in [-0.2, -0.15) is 5.10 Å². The Morgan fingerprint density at radius 2 is 1.72 bits per heavy atom. The van der Waals surface area contributed by atoms with Crippen molar-refractivity contribution in [3.8, 4) is 22.6 Å². The number of H-pyrrole nitrogens is 1. The smallest absolute Gasteiger partial charge is 0.343 e. The minimum atomic E-state index is -0.567. The fourth-order valence-corrected chi connectivity index (χ4v) is 4.20. The summed E-state index contributed by atoms with van der Waals surface area (Å²) >= 11 is 5.87. The van der Waals surface area contributed by atoms with E-state index in [0.717, 1.165) is 5.56 Å². The molecule has 1 aromatic heterocycles. The predicted molar refractivity (Wildman–Crippen MR) is 148 cm³/mol. The maximum atomic E-state index is 14.5. The summed E-state index contributed by atoms with van der Waals surface area (Å²) in [4.78, 5) is 28.5. The van der Waals surface area contributed by atoms with Crippen LogP contribution in [0.2, 0.25) is 5.02 Å². The van der Waals surface area contributed by atoms with E-state index in [1.807, 2.05) is 30.3 Å². The number of amides is 1. The summed E-state index contributed by atoms with van der Waals surface area (Å²) in [6, 6.07) is 25.1. The first-order valence-corrected chi connectivity index (χ1v) is 12.2. The Bertz CT molecular complexity index is 1700. The molecule has 9 heteroatoms. The molecular weight excluding hydrogens is 521 g/mol. The van der Waals surface area contributed by atoms with Crippen molar-refractivity contribution in [3.63, 3.8) is 0 Å². The monoisotopic (exact) mass is 541 g/mol. The summed E-state index contributed by atoms with van der Waals surface area (Å²) in [6.45, 7) is 0. The zero-order valence-electron chi connectivity index (χ0n) is 20.6. The molecule has 0 fully saturated rings. The van der Waals surface area contributed by atoms with Crippen LogP contribution in [-0.4, -0.2) is 30.2 Å². The van der Waals surface area contributed by atoms with E-state index >= 15 is 0 Å². The zero-order chi connectivity index (χ0) is 27.4. The number of hydrazone groups is 1. The van der Waals surface area contributed by atoms with E-state index in [9.17, 15) is 14.0 Å². The summed E-state index contributed by atoms with van der Waals surface area (Å²) in [5, 5.41) is 5.15. The number of carbonyl (C=O) groups is 2. The van der Waals surface area contributed by atoms with Crippen LogP contribution < -0.4 is 14.9 Å². The summed E-state index contributed by atoms with van der Waals surface area (Å²) < 4.78 is 25.3. The first-order chi connectivity index (χ1) is 18.9. The van der Waals surface area contributed by atoms with Gasteiger partial charge < -0.3 is 14.5 Å². The number of halogens is 2. The Morgan fingerprint density at radius 3 is 2.46 bits per heavy atom. The summed E-state index contributed by atoms with van der Waals surface area (Å²) in [5.41, 5.74) is 5.15. The number of fused-ring (bicyclic) bond motifs is 1. The summed E-state index contributed by atoms with van der Waals surface area (Å²) in [5.74, 6) is -1.06. The number of rotatable bonds is 7. The van der Waals surface area contributed by atoms with Crippen molar-refractivity contribution in [2.45, 2.75) is 0 Å². The fraction of sp³-hybridized carbons (Fsp3) is 0.0333. The van der Waals surface area contributed by atoms with Crippen molar-refractivity contribution in [1.29, 1.82) is 0 Å². The van der Waals surface area contributed by atoms with Crippen molar-refractivity contribution in [2.24, 2.45) is 5.10 Å². The summed E-state index contributed by atoms with van der Waals surface area (Å²) in [6.07, 6.45) is 1.41. The number of benzene rings is 4. The first kappa shape index (κ1) is 25.7. The van der Waals surface area contributed by atoms with Crippen LogP contribution in [-0.2, 0) is 0 Å². The Balaban J connectivity index is 1.35. The van der Waals surface area contributed by atoms with Crippen molar-refractivity contribution in [1.82, 2.24) is 10.4 Å². The maximum Gasteiger partial charge on any atom is 0.343 e. The molecule has 4 aromatic carbocycles. The van der Waals surface area contributed by atoms with E-state index < -0.39 is 17.7 Å². The Morgan fingerprint density at radius 1 is 0.949 bits per heavy atom. The lowest BCUT2D eigenvalue weighted by atomic mass is 10.0. The quantitative estimate of drug-likeness (QED) is 0.105. The van der Waals surface area contributed by atoms with Gasteiger partial charge in [0.1, 0.15) is 11.5 Å². The molecule has 0 atom stereocenters. The molecule has 0 saturated carbocycles. The van der Waals surface area contributed by atoms with Gasteiger partial charge in [-0.25, -0.2) is 14.6 Å². The average Bonchev–Trinajstić information content (AvgIpc) is 3.35. The third-order valence-corrected chi connectivity index (χ3v) is 6.17. The number of esters is 1. The molecule has 0 spiro atoms. The van der Waals surface area contributed by atoms with Crippen LogP contribution in [0.3, 0.4) is 0 Å². The number of nitrogens with zero attached hydrogens (tertiary/aromatic N) is 1. The van der Waals surface area contributed by atoms with Crippen LogP contribution in [0.15, 0.2) is 96.1 Å². The highest BCUT2D eigenvalue weighted by Crippen LogP contribution is 2.33. The van der Waals surface area contributed by atoms with E-state index in [0.29, 0.717) is 32.8 Å². The number of hydrogen-bond donors (Lipinski definition) is 2. The van der Waals surface area contributed by atoms with Gasteiger partial charge in [0.25, 0.3) is 5.91 Å². The van der Waals surface area contributed by atoms with Gasteiger partial charge in [0.05, 0.1) is 24.4 Å². The van der Waals surface area contributed by atoms with Gasteiger partial charge in [-0.3, -0.25) is 4.79 Å². The zero-order valence-corrected chi connectivity index (χ0v) is 21.3. The molecule has 0 saturated heterocycles. The van der Waals surface area contributed by atoms with Gasteiger partial charge in [0, 0.05) is 16.0 Å². The molecule has 5 rings (SSSR count). The minimum Gasteiger partial charge on any atom is -0.493 e. The van der Waals surface area contributed by atoms with E-state index in [2.05, 4.69) is 15.5 Å². The molecule has 194 valence electrons. The second-order valence-electron chi connectivity index (χ2n) is 8.41. The lowest BCUT2D eigenvalue weighted by molar-refractivity contribution is 0.0729. The van der Waals surface area contributed by atoms with E-state index in [1.54, 1.807) is 54.6 Å². The molecular formula is C30H21ClFN3O4. The largest absolute Gasteiger partial charge is 0.493 e. The van der Waals surface area contributed by atoms with Crippen LogP contribution in [0.4, 0.5) is 4.39 Å². The van der Waals surface area contributed by atoms with E-state index in [-0.39, 0.29) is 17.0 Å². The average molecular weight is 542 g/mol. The second kappa shape index (κ2) is 11.2. The Hall–Kier alpha value is -4.95. The van der Waals surface area contributed by atoms with Gasteiger partial charge in [-0.05, 0) is 59.7 Å². The Labute approximate surface area is 227 Å².